The van der Waals surface area contributed by atoms with Gasteiger partial charge >= 0.3 is 0 Å². The third-order valence-corrected chi connectivity index (χ3v) is 3.31. The molecule has 1 fully saturated rings. The van der Waals surface area contributed by atoms with Crippen molar-refractivity contribution in [3.8, 4) is 0 Å². The number of hydrogen-bond donors (Lipinski definition) is 1. The fourth-order valence-electron chi connectivity index (χ4n) is 2.19. The predicted octanol–water partition coefficient (Wildman–Crippen LogP) is 1.45. The summed E-state index contributed by atoms with van der Waals surface area (Å²) < 4.78 is 5.28. The average Bonchev–Trinajstić information content (AvgIpc) is 2.44. The lowest BCUT2D eigenvalue weighted by Gasteiger charge is -2.38. The monoisotopic (exact) mass is 271 g/mol. The van der Waals surface area contributed by atoms with Gasteiger partial charge in [0.15, 0.2) is 0 Å². The molecule has 0 saturated carbocycles. The highest BCUT2D eigenvalue weighted by Crippen LogP contribution is 2.17. The number of rotatable bonds is 5. The van der Waals surface area contributed by atoms with E-state index in [-0.39, 0.29) is 0 Å². The molecule has 2 aromatic heterocycles. The molecular formula is C14H17N5O. The van der Waals surface area contributed by atoms with Crippen LogP contribution in [0.3, 0.4) is 0 Å². The third kappa shape index (κ3) is 3.09. The number of anilines is 2. The first kappa shape index (κ1) is 13.0. The zero-order valence-corrected chi connectivity index (χ0v) is 11.4. The largest absolute Gasteiger partial charge is 0.379 e. The highest BCUT2D eigenvalue weighted by molar-refractivity contribution is 5.50. The molecule has 20 heavy (non-hydrogen) atoms. The Kier molecular flexibility index (Phi) is 3.85. The van der Waals surface area contributed by atoms with Crippen molar-refractivity contribution >= 4 is 11.6 Å². The number of likely N-dealkylation sites (tertiary alicyclic amines) is 1. The molecule has 3 rings (SSSR count). The second kappa shape index (κ2) is 5.94. The van der Waals surface area contributed by atoms with Crippen LogP contribution in [0.5, 0.6) is 0 Å². The molecule has 0 aromatic carbocycles. The van der Waals surface area contributed by atoms with Crippen LogP contribution in [0, 0.1) is 0 Å². The van der Waals surface area contributed by atoms with Gasteiger partial charge < -0.3 is 10.1 Å². The zero-order valence-electron chi connectivity index (χ0n) is 11.4. The number of aromatic nitrogens is 3. The van der Waals surface area contributed by atoms with Crippen LogP contribution in [0.25, 0.3) is 0 Å². The van der Waals surface area contributed by atoms with Crippen molar-refractivity contribution in [2.45, 2.75) is 12.6 Å². The highest BCUT2D eigenvalue weighted by atomic mass is 16.5. The molecular weight excluding hydrogens is 254 g/mol. The molecule has 1 N–H and O–H groups in total. The molecule has 6 heteroatoms. The minimum Gasteiger partial charge on any atom is -0.379 e. The highest BCUT2D eigenvalue weighted by Gasteiger charge is 2.25. The van der Waals surface area contributed by atoms with E-state index in [4.69, 9.17) is 4.74 Å². The Bertz CT molecular complexity index is 557. The van der Waals surface area contributed by atoms with Gasteiger partial charge in [-0.2, -0.15) is 0 Å². The summed E-state index contributed by atoms with van der Waals surface area (Å²) in [6, 6.07) is 4.07. The van der Waals surface area contributed by atoms with Crippen molar-refractivity contribution in [2.75, 3.05) is 25.5 Å². The molecule has 3 heterocycles. The minimum absolute atomic E-state index is 0.383. The Balaban J connectivity index is 1.61. The maximum atomic E-state index is 5.28. The summed E-state index contributed by atoms with van der Waals surface area (Å²) in [5, 5.41) is 3.15. The lowest BCUT2D eigenvalue weighted by Crippen LogP contribution is -2.50. The summed E-state index contributed by atoms with van der Waals surface area (Å²) in [4.78, 5) is 14.8. The summed E-state index contributed by atoms with van der Waals surface area (Å²) in [6.07, 6.45) is 7.16. The normalized spacial score (nSPS) is 15.8. The van der Waals surface area contributed by atoms with Crippen molar-refractivity contribution in [3.05, 3.63) is 42.5 Å². The molecule has 2 aromatic rings. The fraction of sp³-hybridized carbons (Fsp3) is 0.357. The van der Waals surface area contributed by atoms with E-state index < -0.39 is 0 Å². The van der Waals surface area contributed by atoms with Crippen LogP contribution in [-0.4, -0.2) is 46.2 Å². The lowest BCUT2D eigenvalue weighted by atomic mass is 10.1. The minimum atomic E-state index is 0.383. The quantitative estimate of drug-likeness (QED) is 0.888. The predicted molar refractivity (Wildman–Crippen MR) is 75.6 cm³/mol. The van der Waals surface area contributed by atoms with E-state index in [1.165, 1.54) is 5.56 Å². The molecule has 1 aliphatic rings. The summed E-state index contributed by atoms with van der Waals surface area (Å²) >= 11 is 0. The maximum Gasteiger partial charge on any atom is 0.150 e. The first-order valence-corrected chi connectivity index (χ1v) is 6.56. The van der Waals surface area contributed by atoms with Crippen LogP contribution < -0.4 is 5.32 Å². The van der Waals surface area contributed by atoms with E-state index in [1.54, 1.807) is 25.7 Å². The molecule has 0 amide bonds. The van der Waals surface area contributed by atoms with Crippen molar-refractivity contribution in [1.82, 2.24) is 19.9 Å². The van der Waals surface area contributed by atoms with Crippen molar-refractivity contribution < 1.29 is 4.74 Å². The molecule has 104 valence electrons. The van der Waals surface area contributed by atoms with Gasteiger partial charge in [0, 0.05) is 45.3 Å². The van der Waals surface area contributed by atoms with E-state index in [0.29, 0.717) is 11.9 Å². The number of methoxy groups -OCH3 is 1. The second-order valence-electron chi connectivity index (χ2n) is 4.82. The van der Waals surface area contributed by atoms with Crippen LogP contribution in [0.4, 0.5) is 11.6 Å². The summed E-state index contributed by atoms with van der Waals surface area (Å²) in [5.74, 6) is 1.48. The Hall–Kier alpha value is -2.05. The van der Waals surface area contributed by atoms with Crippen LogP contribution in [0.15, 0.2) is 36.9 Å². The maximum absolute atomic E-state index is 5.28. The van der Waals surface area contributed by atoms with E-state index >= 15 is 0 Å². The van der Waals surface area contributed by atoms with Gasteiger partial charge in [0.2, 0.25) is 0 Å². The van der Waals surface area contributed by atoms with Crippen molar-refractivity contribution in [2.24, 2.45) is 0 Å². The van der Waals surface area contributed by atoms with Gasteiger partial charge in [0.1, 0.15) is 11.6 Å². The molecule has 0 spiro atoms. The first-order chi connectivity index (χ1) is 9.83. The number of pyridine rings is 1. The smallest absolute Gasteiger partial charge is 0.150 e. The first-order valence-electron chi connectivity index (χ1n) is 6.56. The van der Waals surface area contributed by atoms with Gasteiger partial charge in [0.05, 0.1) is 12.3 Å². The van der Waals surface area contributed by atoms with Crippen LogP contribution >= 0.6 is 0 Å². The number of nitrogens with one attached hydrogen (secondary N) is 1. The number of nitrogens with zero attached hydrogens (tertiary/aromatic N) is 4. The number of ether oxygens (including phenoxy) is 1. The SMILES string of the molecule is COC1CN(Cc2ccnc(Nc3cnccn3)c2)C1. The summed E-state index contributed by atoms with van der Waals surface area (Å²) in [7, 11) is 1.76. The van der Waals surface area contributed by atoms with E-state index in [9.17, 15) is 0 Å². The molecule has 0 radical (unpaired) electrons. The van der Waals surface area contributed by atoms with E-state index in [1.807, 2.05) is 18.3 Å². The van der Waals surface area contributed by atoms with Crippen molar-refractivity contribution in [1.29, 1.82) is 0 Å². The van der Waals surface area contributed by atoms with E-state index in [0.717, 1.165) is 25.5 Å². The molecule has 1 aliphatic heterocycles. The Morgan fingerprint density at radius 1 is 1.25 bits per heavy atom. The summed E-state index contributed by atoms with van der Waals surface area (Å²) in [5.41, 5.74) is 1.22. The Labute approximate surface area is 117 Å². The second-order valence-corrected chi connectivity index (χ2v) is 4.82. The third-order valence-electron chi connectivity index (χ3n) is 3.31. The molecule has 0 atom stereocenters. The van der Waals surface area contributed by atoms with Gasteiger partial charge in [-0.1, -0.05) is 0 Å². The van der Waals surface area contributed by atoms with Crippen LogP contribution in [-0.2, 0) is 11.3 Å². The van der Waals surface area contributed by atoms with Gasteiger partial charge in [-0.15, -0.1) is 0 Å². The van der Waals surface area contributed by atoms with Gasteiger partial charge in [-0.3, -0.25) is 9.88 Å². The Morgan fingerprint density at radius 3 is 2.85 bits per heavy atom. The molecule has 0 aliphatic carbocycles. The summed E-state index contributed by atoms with van der Waals surface area (Å²) in [6.45, 7) is 2.90. The molecule has 0 bridgehead atoms. The Morgan fingerprint density at radius 2 is 2.10 bits per heavy atom. The number of hydrogen-bond acceptors (Lipinski definition) is 6. The lowest BCUT2D eigenvalue weighted by molar-refractivity contribution is -0.0333. The molecule has 6 nitrogen and oxygen atoms in total. The van der Waals surface area contributed by atoms with Crippen LogP contribution in [0.1, 0.15) is 5.56 Å². The van der Waals surface area contributed by atoms with Crippen molar-refractivity contribution in [3.63, 3.8) is 0 Å². The van der Waals surface area contributed by atoms with Gasteiger partial charge in [-0.05, 0) is 17.7 Å². The topological polar surface area (TPSA) is 63.2 Å². The zero-order chi connectivity index (χ0) is 13.8. The molecule has 0 unspecified atom stereocenters. The average molecular weight is 271 g/mol. The molecule has 1 saturated heterocycles. The van der Waals surface area contributed by atoms with Gasteiger partial charge in [0.25, 0.3) is 0 Å². The standard InChI is InChI=1S/C14H17N5O/c1-20-12-9-19(10-12)8-11-2-3-16-13(6-11)18-14-7-15-4-5-17-14/h2-7,12H,8-10H2,1H3,(H,16,17,18). The van der Waals surface area contributed by atoms with Crippen LogP contribution in [0.2, 0.25) is 0 Å². The van der Waals surface area contributed by atoms with E-state index in [2.05, 4.69) is 25.2 Å². The van der Waals surface area contributed by atoms with Gasteiger partial charge in [-0.25, -0.2) is 9.97 Å². The fourth-order valence-corrected chi connectivity index (χ4v) is 2.19.